The van der Waals surface area contributed by atoms with Gasteiger partial charge in [-0.15, -0.1) is 0 Å². The first-order valence-electron chi connectivity index (χ1n) is 5.27. The molecule has 4 nitrogen and oxygen atoms in total. The second kappa shape index (κ2) is 4.64. The third-order valence-corrected chi connectivity index (χ3v) is 2.62. The molecule has 0 aromatic carbocycles. The van der Waals surface area contributed by atoms with E-state index in [9.17, 15) is 9.90 Å². The predicted octanol–water partition coefficient (Wildman–Crippen LogP) is 0.950. The van der Waals surface area contributed by atoms with Gasteiger partial charge in [0.2, 0.25) is 0 Å². The average Bonchev–Trinajstić information content (AvgIpc) is 2.08. The highest BCUT2D eigenvalue weighted by molar-refractivity contribution is 5.75. The van der Waals surface area contributed by atoms with Crippen molar-refractivity contribution >= 4 is 6.03 Å². The molecule has 0 aliphatic carbocycles. The Morgan fingerprint density at radius 2 is 2.21 bits per heavy atom. The molecular weight excluding hydrogens is 180 g/mol. The molecule has 1 fully saturated rings. The van der Waals surface area contributed by atoms with E-state index in [1.54, 1.807) is 4.90 Å². The number of carbonyl (C=O) groups is 1. The summed E-state index contributed by atoms with van der Waals surface area (Å²) in [4.78, 5) is 13.4. The number of nitrogens with zero attached hydrogens (tertiary/aromatic N) is 1. The van der Waals surface area contributed by atoms with E-state index in [0.717, 1.165) is 19.4 Å². The molecule has 1 aliphatic rings. The molecule has 1 heterocycles. The van der Waals surface area contributed by atoms with Gasteiger partial charge >= 0.3 is 6.03 Å². The number of aliphatic hydroxyl groups is 1. The van der Waals surface area contributed by atoms with Crippen LogP contribution in [0.4, 0.5) is 4.79 Å². The summed E-state index contributed by atoms with van der Waals surface area (Å²) in [5.41, 5.74) is 0. The van der Waals surface area contributed by atoms with Gasteiger partial charge in [0.05, 0.1) is 12.1 Å². The fourth-order valence-electron chi connectivity index (χ4n) is 1.74. The average molecular weight is 200 g/mol. The number of aliphatic hydroxyl groups excluding tert-OH is 1. The molecule has 82 valence electrons. The highest BCUT2D eigenvalue weighted by Gasteiger charge is 2.29. The molecule has 1 rings (SSSR count). The zero-order chi connectivity index (χ0) is 10.7. The van der Waals surface area contributed by atoms with E-state index in [1.807, 2.05) is 20.8 Å². The fraction of sp³-hybridized carbons (Fsp3) is 0.900. The number of hydrogen-bond acceptors (Lipinski definition) is 2. The van der Waals surface area contributed by atoms with Crippen LogP contribution in [0.25, 0.3) is 0 Å². The Morgan fingerprint density at radius 3 is 2.79 bits per heavy atom. The molecule has 2 unspecified atom stereocenters. The van der Waals surface area contributed by atoms with Crippen LogP contribution in [0.5, 0.6) is 0 Å². The van der Waals surface area contributed by atoms with E-state index in [4.69, 9.17) is 0 Å². The summed E-state index contributed by atoms with van der Waals surface area (Å²) >= 11 is 0. The largest absolute Gasteiger partial charge is 0.391 e. The van der Waals surface area contributed by atoms with Crippen LogP contribution in [0.2, 0.25) is 0 Å². The summed E-state index contributed by atoms with van der Waals surface area (Å²) in [7, 11) is 0. The molecule has 0 aromatic rings. The van der Waals surface area contributed by atoms with Gasteiger partial charge in [-0.1, -0.05) is 0 Å². The Labute approximate surface area is 85.3 Å². The first-order chi connectivity index (χ1) is 6.52. The minimum absolute atomic E-state index is 0.0637. The molecule has 2 N–H and O–H groups in total. The Morgan fingerprint density at radius 1 is 1.57 bits per heavy atom. The second-order valence-corrected chi connectivity index (χ2v) is 4.25. The van der Waals surface area contributed by atoms with Crippen molar-refractivity contribution in [2.75, 3.05) is 6.54 Å². The van der Waals surface area contributed by atoms with Crippen LogP contribution in [-0.2, 0) is 0 Å². The highest BCUT2D eigenvalue weighted by atomic mass is 16.3. The number of amides is 2. The SMILES string of the molecule is CC(C)NC(=O)N1CCCC(O)C1C. The lowest BCUT2D eigenvalue weighted by Crippen LogP contribution is -2.53. The van der Waals surface area contributed by atoms with Crippen LogP contribution >= 0.6 is 0 Å². The smallest absolute Gasteiger partial charge is 0.317 e. The Balaban J connectivity index is 2.53. The summed E-state index contributed by atoms with van der Waals surface area (Å²) in [6, 6.07) is 0.0162. The van der Waals surface area contributed by atoms with Crippen molar-refractivity contribution in [2.24, 2.45) is 0 Å². The molecule has 14 heavy (non-hydrogen) atoms. The molecule has 0 spiro atoms. The molecular formula is C10H20N2O2. The number of urea groups is 1. The maximum atomic E-state index is 11.7. The number of hydrogen-bond donors (Lipinski definition) is 2. The first kappa shape index (κ1) is 11.3. The molecule has 0 radical (unpaired) electrons. The predicted molar refractivity (Wildman–Crippen MR) is 55.1 cm³/mol. The van der Waals surface area contributed by atoms with Crippen LogP contribution in [0.1, 0.15) is 33.6 Å². The van der Waals surface area contributed by atoms with Gasteiger partial charge in [0.15, 0.2) is 0 Å². The van der Waals surface area contributed by atoms with Crippen molar-refractivity contribution < 1.29 is 9.90 Å². The molecule has 2 amide bonds. The molecule has 0 saturated carbocycles. The Hall–Kier alpha value is -0.770. The van der Waals surface area contributed by atoms with Crippen LogP contribution < -0.4 is 5.32 Å². The van der Waals surface area contributed by atoms with Crippen LogP contribution in [0, 0.1) is 0 Å². The molecule has 1 saturated heterocycles. The number of likely N-dealkylation sites (tertiary alicyclic amines) is 1. The lowest BCUT2D eigenvalue weighted by Gasteiger charge is -2.37. The van der Waals surface area contributed by atoms with Gasteiger partial charge in [-0.25, -0.2) is 4.79 Å². The maximum absolute atomic E-state index is 11.7. The van der Waals surface area contributed by atoms with E-state index in [1.165, 1.54) is 0 Å². The van der Waals surface area contributed by atoms with E-state index in [-0.39, 0.29) is 24.2 Å². The lowest BCUT2D eigenvalue weighted by molar-refractivity contribution is 0.0385. The van der Waals surface area contributed by atoms with Crippen molar-refractivity contribution in [2.45, 2.75) is 51.8 Å². The Kier molecular flexibility index (Phi) is 3.75. The highest BCUT2D eigenvalue weighted by Crippen LogP contribution is 2.17. The minimum atomic E-state index is -0.373. The fourth-order valence-corrected chi connectivity index (χ4v) is 1.74. The van der Waals surface area contributed by atoms with Gasteiger partial charge in [0, 0.05) is 12.6 Å². The zero-order valence-electron chi connectivity index (χ0n) is 9.16. The Bertz CT molecular complexity index is 206. The van der Waals surface area contributed by atoms with Crippen molar-refractivity contribution in [1.29, 1.82) is 0 Å². The third kappa shape index (κ3) is 2.61. The third-order valence-electron chi connectivity index (χ3n) is 2.62. The molecule has 4 heteroatoms. The van der Waals surface area contributed by atoms with E-state index < -0.39 is 0 Å². The number of nitrogens with one attached hydrogen (secondary N) is 1. The lowest BCUT2D eigenvalue weighted by atomic mass is 10.0. The first-order valence-corrected chi connectivity index (χ1v) is 5.27. The van der Waals surface area contributed by atoms with E-state index >= 15 is 0 Å². The van der Waals surface area contributed by atoms with Gasteiger partial charge in [0.1, 0.15) is 0 Å². The summed E-state index contributed by atoms with van der Waals surface area (Å²) in [6.45, 7) is 6.51. The normalized spacial score (nSPS) is 27.9. The number of piperidine rings is 1. The zero-order valence-corrected chi connectivity index (χ0v) is 9.16. The monoisotopic (exact) mass is 200 g/mol. The number of rotatable bonds is 1. The van der Waals surface area contributed by atoms with Crippen molar-refractivity contribution in [3.05, 3.63) is 0 Å². The standard InChI is InChI=1S/C10H20N2O2/c1-7(2)11-10(14)12-6-4-5-9(13)8(12)3/h7-9,13H,4-6H2,1-3H3,(H,11,14). The van der Waals surface area contributed by atoms with Crippen molar-refractivity contribution in [3.8, 4) is 0 Å². The summed E-state index contributed by atoms with van der Waals surface area (Å²) < 4.78 is 0. The van der Waals surface area contributed by atoms with Gasteiger partial charge in [-0.05, 0) is 33.6 Å². The minimum Gasteiger partial charge on any atom is -0.391 e. The summed E-state index contributed by atoms with van der Waals surface area (Å²) in [5.74, 6) is 0. The summed E-state index contributed by atoms with van der Waals surface area (Å²) in [5, 5.41) is 12.4. The van der Waals surface area contributed by atoms with E-state index in [0.29, 0.717) is 0 Å². The van der Waals surface area contributed by atoms with Crippen molar-refractivity contribution in [1.82, 2.24) is 10.2 Å². The van der Waals surface area contributed by atoms with Crippen LogP contribution in [0.15, 0.2) is 0 Å². The van der Waals surface area contributed by atoms with Crippen molar-refractivity contribution in [3.63, 3.8) is 0 Å². The maximum Gasteiger partial charge on any atom is 0.317 e. The van der Waals surface area contributed by atoms with Gasteiger partial charge in [0.25, 0.3) is 0 Å². The second-order valence-electron chi connectivity index (χ2n) is 4.25. The molecule has 0 bridgehead atoms. The van der Waals surface area contributed by atoms with Crippen LogP contribution in [-0.4, -0.2) is 40.8 Å². The molecule has 1 aliphatic heterocycles. The quantitative estimate of drug-likeness (QED) is 0.662. The van der Waals surface area contributed by atoms with E-state index in [2.05, 4.69) is 5.32 Å². The summed E-state index contributed by atoms with van der Waals surface area (Å²) in [6.07, 6.45) is 1.31. The number of carbonyl (C=O) groups excluding carboxylic acids is 1. The van der Waals surface area contributed by atoms with Crippen LogP contribution in [0.3, 0.4) is 0 Å². The van der Waals surface area contributed by atoms with Gasteiger partial charge in [-0.2, -0.15) is 0 Å². The van der Waals surface area contributed by atoms with Gasteiger partial charge in [-0.3, -0.25) is 0 Å². The van der Waals surface area contributed by atoms with Gasteiger partial charge < -0.3 is 15.3 Å². The molecule has 2 atom stereocenters. The molecule has 0 aromatic heterocycles. The topological polar surface area (TPSA) is 52.6 Å².